The lowest BCUT2D eigenvalue weighted by atomic mass is 10.1. The van der Waals surface area contributed by atoms with Crippen molar-refractivity contribution in [1.29, 1.82) is 0 Å². The van der Waals surface area contributed by atoms with Gasteiger partial charge < -0.3 is 19.7 Å². The molecule has 0 aromatic rings. The summed E-state index contributed by atoms with van der Waals surface area (Å²) in [6, 6.07) is 0. The van der Waals surface area contributed by atoms with Crippen LogP contribution in [0.1, 0.15) is 136 Å². The van der Waals surface area contributed by atoms with Crippen molar-refractivity contribution in [2.45, 2.75) is 153 Å². The molecule has 0 fully saturated rings. The number of aliphatic hydroxyl groups is 1. The van der Waals surface area contributed by atoms with Gasteiger partial charge in [-0.05, 0) is 31.9 Å². The van der Waals surface area contributed by atoms with E-state index in [1.807, 2.05) is 0 Å². The number of ether oxygens (including phenoxy) is 2. The number of unbranched alkanes of at least 4 members (excludes halogenated alkanes) is 14. The largest absolute Gasteiger partial charge is 0.478 e. The Labute approximate surface area is 233 Å². The summed E-state index contributed by atoms with van der Waals surface area (Å²) in [5.41, 5.74) is 0. The number of rotatable bonds is 29. The topological polar surface area (TPSA) is 93.1 Å². The fourth-order valence-corrected chi connectivity index (χ4v) is 5.86. The van der Waals surface area contributed by atoms with Crippen molar-refractivity contribution < 1.29 is 29.0 Å². The van der Waals surface area contributed by atoms with Gasteiger partial charge in [0.15, 0.2) is 0 Å². The maximum atomic E-state index is 10.9. The van der Waals surface area contributed by atoms with E-state index in [1.165, 1.54) is 115 Å². The van der Waals surface area contributed by atoms with E-state index in [9.17, 15) is 14.5 Å². The second-order valence-corrected chi connectivity index (χ2v) is 12.6. The standard InChI is InChI=1S/C29H57O6PS/c1-4-6-8-10-11-12-13-14-15-17-19-24-37-27(21-18-16-9-7-5-2)26(3)35-23-20-22-34-25-29(32,36-33)28(30)31/h26-27,32H,4-25H2,1-3H3,(H,30,31). The molecular formula is C29H57O6PS. The molecule has 3 unspecified atom stereocenters. The van der Waals surface area contributed by atoms with Gasteiger partial charge in [-0.2, -0.15) is 11.8 Å². The van der Waals surface area contributed by atoms with Crippen LogP contribution in [0.3, 0.4) is 0 Å². The van der Waals surface area contributed by atoms with Gasteiger partial charge in [0.05, 0.1) is 12.7 Å². The summed E-state index contributed by atoms with van der Waals surface area (Å²) in [5, 5.41) is 16.7. The average molecular weight is 565 g/mol. The minimum absolute atomic E-state index is 0.153. The Balaban J connectivity index is 4.12. The Morgan fingerprint density at radius 2 is 1.32 bits per heavy atom. The maximum absolute atomic E-state index is 10.9. The molecular weight excluding hydrogens is 507 g/mol. The highest BCUT2D eigenvalue weighted by Gasteiger charge is 2.37. The first-order valence-electron chi connectivity index (χ1n) is 15.0. The molecule has 2 N–H and O–H groups in total. The van der Waals surface area contributed by atoms with Crippen molar-refractivity contribution in [2.24, 2.45) is 0 Å². The summed E-state index contributed by atoms with van der Waals surface area (Å²) < 4.78 is 22.2. The molecule has 8 heteroatoms. The van der Waals surface area contributed by atoms with Crippen LogP contribution < -0.4 is 0 Å². The predicted octanol–water partition coefficient (Wildman–Crippen LogP) is 8.64. The smallest absolute Gasteiger partial charge is 0.350 e. The highest BCUT2D eigenvalue weighted by Crippen LogP contribution is 2.26. The van der Waals surface area contributed by atoms with E-state index in [-0.39, 0.29) is 12.7 Å². The first-order valence-corrected chi connectivity index (χ1v) is 16.9. The molecule has 3 atom stereocenters. The molecule has 0 aliphatic carbocycles. The molecule has 0 radical (unpaired) electrons. The van der Waals surface area contributed by atoms with Crippen LogP contribution in [0.4, 0.5) is 0 Å². The molecule has 6 nitrogen and oxygen atoms in total. The Bertz CT molecular complexity index is 539. The number of carbonyl (C=O) groups is 1. The number of hydrogen-bond acceptors (Lipinski definition) is 6. The average Bonchev–Trinajstić information content (AvgIpc) is 2.89. The lowest BCUT2D eigenvalue weighted by Gasteiger charge is -2.24. The summed E-state index contributed by atoms with van der Waals surface area (Å²) in [4.78, 5) is 10.9. The fraction of sp³-hybridized carbons (Fsp3) is 0.966. The van der Waals surface area contributed by atoms with Gasteiger partial charge in [-0.1, -0.05) is 110 Å². The highest BCUT2D eigenvalue weighted by atomic mass is 32.2. The molecule has 0 saturated carbocycles. The predicted molar refractivity (Wildman–Crippen MR) is 157 cm³/mol. The van der Waals surface area contributed by atoms with E-state index in [1.54, 1.807) is 0 Å². The summed E-state index contributed by atoms with van der Waals surface area (Å²) in [5.74, 6) is -0.360. The quantitative estimate of drug-likeness (QED) is 0.0693. The van der Waals surface area contributed by atoms with Crippen molar-refractivity contribution in [3.05, 3.63) is 0 Å². The Kier molecular flexibility index (Phi) is 25.9. The van der Waals surface area contributed by atoms with Crippen molar-refractivity contribution in [3.8, 4) is 0 Å². The van der Waals surface area contributed by atoms with Crippen LogP contribution in [0, 0.1) is 0 Å². The molecule has 0 aromatic carbocycles. The molecule has 0 spiro atoms. The fourth-order valence-electron chi connectivity index (χ4n) is 4.28. The monoisotopic (exact) mass is 564 g/mol. The van der Waals surface area contributed by atoms with Crippen molar-refractivity contribution in [2.75, 3.05) is 25.6 Å². The van der Waals surface area contributed by atoms with Gasteiger partial charge in [0.1, 0.15) is 0 Å². The Morgan fingerprint density at radius 3 is 1.84 bits per heavy atom. The zero-order chi connectivity index (χ0) is 27.6. The van der Waals surface area contributed by atoms with Crippen molar-refractivity contribution >= 4 is 26.2 Å². The van der Waals surface area contributed by atoms with Gasteiger partial charge in [0.25, 0.3) is 5.34 Å². The zero-order valence-electron chi connectivity index (χ0n) is 24.1. The van der Waals surface area contributed by atoms with Crippen molar-refractivity contribution in [1.82, 2.24) is 0 Å². The number of aliphatic carboxylic acids is 1. The first kappa shape index (κ1) is 36.8. The van der Waals surface area contributed by atoms with Gasteiger partial charge in [-0.25, -0.2) is 4.79 Å². The number of carboxylic acid groups (broad SMARTS) is 1. The van der Waals surface area contributed by atoms with E-state index in [4.69, 9.17) is 14.6 Å². The molecule has 0 saturated heterocycles. The minimum Gasteiger partial charge on any atom is -0.478 e. The normalized spacial score (nSPS) is 15.0. The summed E-state index contributed by atoms with van der Waals surface area (Å²) in [6.45, 7) is 6.95. The minimum atomic E-state index is -2.37. The lowest BCUT2D eigenvalue weighted by Crippen LogP contribution is -2.37. The van der Waals surface area contributed by atoms with E-state index in [0.29, 0.717) is 18.3 Å². The van der Waals surface area contributed by atoms with Gasteiger partial charge in [-0.3, -0.25) is 4.57 Å². The summed E-state index contributed by atoms with van der Waals surface area (Å²) >= 11 is 2.06. The molecule has 0 bridgehead atoms. The van der Waals surface area contributed by atoms with E-state index in [0.717, 1.165) is 0 Å². The van der Waals surface area contributed by atoms with E-state index in [2.05, 4.69) is 32.5 Å². The molecule has 37 heavy (non-hydrogen) atoms. The van der Waals surface area contributed by atoms with Crippen LogP contribution in [0.15, 0.2) is 0 Å². The summed E-state index contributed by atoms with van der Waals surface area (Å²) in [6.07, 6.45) is 23.4. The Morgan fingerprint density at radius 1 is 0.811 bits per heavy atom. The third-order valence-electron chi connectivity index (χ3n) is 6.81. The SMILES string of the molecule is CCCCCCCCCCCCCSC(CCCCCCC)C(C)OCCCOCC(O)(P=O)C(=O)O. The van der Waals surface area contributed by atoms with Crippen LogP contribution in [0.25, 0.3) is 0 Å². The molecule has 0 aromatic heterocycles. The van der Waals surface area contributed by atoms with Gasteiger partial charge in [0, 0.05) is 18.5 Å². The van der Waals surface area contributed by atoms with Crippen LogP contribution in [0.5, 0.6) is 0 Å². The maximum Gasteiger partial charge on any atom is 0.350 e. The number of carboxylic acids is 1. The Hall–Kier alpha value is -0.200. The third-order valence-corrected chi connectivity index (χ3v) is 9.00. The van der Waals surface area contributed by atoms with E-state index >= 15 is 0 Å². The van der Waals surface area contributed by atoms with E-state index < -0.39 is 26.4 Å². The summed E-state index contributed by atoms with van der Waals surface area (Å²) in [7, 11) is -0.869. The van der Waals surface area contributed by atoms with Crippen LogP contribution >= 0.6 is 20.2 Å². The molecule has 0 aliphatic heterocycles. The second-order valence-electron chi connectivity index (χ2n) is 10.3. The number of thioether (sulfide) groups is 1. The van der Waals surface area contributed by atoms with Crippen LogP contribution in [-0.4, -0.2) is 58.5 Å². The first-order chi connectivity index (χ1) is 17.9. The second kappa shape index (κ2) is 26.0. The van der Waals surface area contributed by atoms with Gasteiger partial charge in [0.2, 0.25) is 8.46 Å². The van der Waals surface area contributed by atoms with Crippen molar-refractivity contribution in [3.63, 3.8) is 0 Å². The highest BCUT2D eigenvalue weighted by molar-refractivity contribution is 7.99. The van der Waals surface area contributed by atoms with Crippen LogP contribution in [0.2, 0.25) is 0 Å². The lowest BCUT2D eigenvalue weighted by molar-refractivity contribution is -0.154. The van der Waals surface area contributed by atoms with Gasteiger partial charge >= 0.3 is 5.97 Å². The molecule has 0 aliphatic rings. The van der Waals surface area contributed by atoms with Crippen LogP contribution in [-0.2, 0) is 18.8 Å². The molecule has 0 amide bonds. The molecule has 220 valence electrons. The molecule has 0 rings (SSSR count). The van der Waals surface area contributed by atoms with Gasteiger partial charge in [-0.15, -0.1) is 0 Å². The number of hydrogen-bond donors (Lipinski definition) is 2. The zero-order valence-corrected chi connectivity index (χ0v) is 25.8. The third kappa shape index (κ3) is 21.3. The molecule has 0 heterocycles.